The fraction of sp³-hybridized carbons (Fsp3) is 0.400. The minimum Gasteiger partial charge on any atom is -0.377 e. The number of hydrogen-bond acceptors (Lipinski definition) is 3. The average Bonchev–Trinajstić information content (AvgIpc) is 1.63. The summed E-state index contributed by atoms with van der Waals surface area (Å²) in [5.41, 5.74) is 9.24. The van der Waals surface area contributed by atoms with Crippen LogP contribution in [0.1, 0.15) is 13.8 Å². The van der Waals surface area contributed by atoms with Crippen molar-refractivity contribution in [1.29, 1.82) is 0 Å². The molecule has 5 heteroatoms. The predicted molar refractivity (Wildman–Crippen MR) is 42.3 cm³/mol. The number of nitrogens with two attached hydrogens (primary N) is 2. The Labute approximate surface area is 64.6 Å². The second kappa shape index (κ2) is 6.15. The Morgan fingerprint density at radius 3 is 1.20 bits per heavy atom. The lowest BCUT2D eigenvalue weighted by Gasteiger charge is -1.73. The van der Waals surface area contributed by atoms with Gasteiger partial charge in [-0.25, -0.2) is 0 Å². The third-order valence-corrected chi connectivity index (χ3v) is 0.496. The van der Waals surface area contributed by atoms with Crippen LogP contribution in [-0.2, 0) is 9.59 Å². The lowest BCUT2D eigenvalue weighted by atomic mass is 10.3. The number of Topliss-reactive ketones (excluding diaryl/α,β-unsaturated/α-hetero) is 2. The highest BCUT2D eigenvalue weighted by atomic mass is 32.1. The van der Waals surface area contributed by atoms with E-state index in [9.17, 15) is 9.59 Å². The first kappa shape index (κ1) is 11.8. The average molecular weight is 162 g/mol. The summed E-state index contributed by atoms with van der Waals surface area (Å²) in [7, 11) is 0. The minimum absolute atomic E-state index is 0.000000000000000222. The van der Waals surface area contributed by atoms with Crippen molar-refractivity contribution in [2.45, 2.75) is 13.8 Å². The molecule has 0 aromatic carbocycles. The number of carbonyl (C=O) groups is 2. The molecule has 0 rings (SSSR count). The van der Waals surface area contributed by atoms with E-state index in [2.05, 4.69) is 23.7 Å². The van der Waals surface area contributed by atoms with Gasteiger partial charge in [0.1, 0.15) is 0 Å². The molecule has 0 aromatic rings. The highest BCUT2D eigenvalue weighted by Gasteiger charge is 1.94. The van der Waals surface area contributed by atoms with Crippen molar-refractivity contribution in [2.75, 3.05) is 0 Å². The molecule has 0 saturated carbocycles. The summed E-state index contributed by atoms with van der Waals surface area (Å²) in [6, 6.07) is 0. The van der Waals surface area contributed by atoms with E-state index in [0.717, 1.165) is 0 Å². The van der Waals surface area contributed by atoms with Gasteiger partial charge < -0.3 is 11.5 Å². The smallest absolute Gasteiger partial charge is 0.195 e. The summed E-state index contributed by atoms with van der Waals surface area (Å²) in [4.78, 5) is 19.6. The maximum Gasteiger partial charge on any atom is 0.195 e. The molecule has 0 aliphatic carbocycles. The van der Waals surface area contributed by atoms with Gasteiger partial charge in [-0.3, -0.25) is 9.59 Å². The highest BCUT2D eigenvalue weighted by molar-refractivity contribution is 7.80. The van der Waals surface area contributed by atoms with Crippen molar-refractivity contribution in [1.82, 2.24) is 0 Å². The van der Waals surface area contributed by atoms with E-state index in [4.69, 9.17) is 0 Å². The summed E-state index contributed by atoms with van der Waals surface area (Å²) in [6.07, 6.45) is 0. The van der Waals surface area contributed by atoms with Gasteiger partial charge in [0.2, 0.25) is 0 Å². The predicted octanol–water partition coefficient (Wildman–Crippen LogP) is -0.647. The highest BCUT2D eigenvalue weighted by Crippen LogP contribution is 1.66. The second-order valence-corrected chi connectivity index (χ2v) is 1.99. The van der Waals surface area contributed by atoms with Gasteiger partial charge in [-0.1, -0.05) is 0 Å². The molecule has 4 nitrogen and oxygen atoms in total. The molecule has 58 valence electrons. The van der Waals surface area contributed by atoms with Crippen LogP contribution in [0.5, 0.6) is 0 Å². The third kappa shape index (κ3) is 27.8. The molecular weight excluding hydrogens is 152 g/mol. The summed E-state index contributed by atoms with van der Waals surface area (Å²) in [6.45, 7) is 2.50. The molecule has 0 saturated heterocycles. The van der Waals surface area contributed by atoms with Gasteiger partial charge in [0.25, 0.3) is 0 Å². The molecule has 0 spiro atoms. The van der Waals surface area contributed by atoms with Crippen molar-refractivity contribution in [2.24, 2.45) is 11.5 Å². The first-order valence-corrected chi connectivity index (χ1v) is 2.85. The molecule has 10 heavy (non-hydrogen) atoms. The number of thiocarbonyl (C=S) groups is 1. The van der Waals surface area contributed by atoms with E-state index in [1.165, 1.54) is 13.8 Å². The number of rotatable bonds is 1. The number of carbonyl (C=O) groups excluding carboxylic acids is 2. The number of hydrogen-bond donors (Lipinski definition) is 2. The van der Waals surface area contributed by atoms with Gasteiger partial charge in [-0.15, -0.1) is 0 Å². The molecule has 0 aliphatic heterocycles. The maximum absolute atomic E-state index is 9.79. The van der Waals surface area contributed by atoms with E-state index in [-0.39, 0.29) is 16.7 Å². The zero-order valence-corrected chi connectivity index (χ0v) is 6.70. The Bertz CT molecular complexity index is 140. The Morgan fingerprint density at radius 1 is 1.10 bits per heavy atom. The SMILES string of the molecule is CC(=O)C(C)=O.NC(N)=S. The minimum atomic E-state index is -0.380. The maximum atomic E-state index is 9.79. The third-order valence-electron chi connectivity index (χ3n) is 0.496. The quantitative estimate of drug-likeness (QED) is 0.395. The molecule has 4 N–H and O–H groups in total. The Hall–Kier alpha value is -0.970. The van der Waals surface area contributed by atoms with Crippen LogP contribution in [0.3, 0.4) is 0 Å². The van der Waals surface area contributed by atoms with Crippen molar-refractivity contribution in [3.63, 3.8) is 0 Å². The molecule has 0 bridgehead atoms. The Kier molecular flexibility index (Phi) is 7.25. The van der Waals surface area contributed by atoms with Crippen molar-refractivity contribution < 1.29 is 9.59 Å². The first-order valence-electron chi connectivity index (χ1n) is 2.44. The molecular formula is C5H10N2O2S. The summed E-state index contributed by atoms with van der Waals surface area (Å²) >= 11 is 4.09. The van der Waals surface area contributed by atoms with E-state index < -0.39 is 0 Å². The first-order chi connectivity index (χ1) is 4.37. The van der Waals surface area contributed by atoms with Gasteiger partial charge in [-0.2, -0.15) is 0 Å². The molecule has 0 amide bonds. The molecule has 0 atom stereocenters. The zero-order chi connectivity index (χ0) is 8.73. The second-order valence-electron chi connectivity index (χ2n) is 1.51. The standard InChI is InChI=1S/C4H6O2.CH4N2S/c1-3(5)4(2)6;2-1(3)4/h1-2H3;(H4,2,3,4). The summed E-state index contributed by atoms with van der Waals surface area (Å²) in [5, 5.41) is 0.000000000000000222. The normalized spacial score (nSPS) is 7.00. The summed E-state index contributed by atoms with van der Waals surface area (Å²) in [5.74, 6) is -0.759. The van der Waals surface area contributed by atoms with E-state index in [0.29, 0.717) is 0 Å². The van der Waals surface area contributed by atoms with Crippen LogP contribution in [0.4, 0.5) is 0 Å². The van der Waals surface area contributed by atoms with Crippen molar-refractivity contribution >= 4 is 28.9 Å². The molecule has 0 aromatic heterocycles. The van der Waals surface area contributed by atoms with Gasteiger partial charge in [-0.05, 0) is 12.2 Å². The van der Waals surface area contributed by atoms with Crippen LogP contribution in [0.2, 0.25) is 0 Å². The topological polar surface area (TPSA) is 86.2 Å². The lowest BCUT2D eigenvalue weighted by Crippen LogP contribution is -2.18. The van der Waals surface area contributed by atoms with Gasteiger partial charge >= 0.3 is 0 Å². The Morgan fingerprint density at radius 2 is 1.20 bits per heavy atom. The van der Waals surface area contributed by atoms with Crippen molar-refractivity contribution in [3.05, 3.63) is 0 Å². The van der Waals surface area contributed by atoms with Crippen LogP contribution in [-0.4, -0.2) is 16.7 Å². The van der Waals surface area contributed by atoms with Crippen LogP contribution in [0.15, 0.2) is 0 Å². The van der Waals surface area contributed by atoms with Crippen molar-refractivity contribution in [3.8, 4) is 0 Å². The monoisotopic (exact) mass is 162 g/mol. The van der Waals surface area contributed by atoms with Gasteiger partial charge in [0.15, 0.2) is 16.7 Å². The lowest BCUT2D eigenvalue weighted by molar-refractivity contribution is -0.134. The van der Waals surface area contributed by atoms with Crippen LogP contribution < -0.4 is 11.5 Å². The van der Waals surface area contributed by atoms with Crippen LogP contribution >= 0.6 is 12.2 Å². The molecule has 0 fully saturated rings. The molecule has 0 heterocycles. The zero-order valence-electron chi connectivity index (χ0n) is 5.88. The van der Waals surface area contributed by atoms with Gasteiger partial charge in [0, 0.05) is 13.8 Å². The van der Waals surface area contributed by atoms with Crippen LogP contribution in [0.25, 0.3) is 0 Å². The Balaban J connectivity index is 0. The number of ketones is 2. The fourth-order valence-electron chi connectivity index (χ4n) is 0. The van der Waals surface area contributed by atoms with Crippen LogP contribution in [0, 0.1) is 0 Å². The van der Waals surface area contributed by atoms with E-state index in [1.54, 1.807) is 0 Å². The summed E-state index contributed by atoms with van der Waals surface area (Å²) < 4.78 is 0. The van der Waals surface area contributed by atoms with E-state index in [1.807, 2.05) is 0 Å². The molecule has 0 radical (unpaired) electrons. The van der Waals surface area contributed by atoms with Gasteiger partial charge in [0.05, 0.1) is 0 Å². The molecule has 0 aliphatic rings. The van der Waals surface area contributed by atoms with E-state index >= 15 is 0 Å². The molecule has 0 unspecified atom stereocenters. The largest absolute Gasteiger partial charge is 0.377 e. The fourth-order valence-corrected chi connectivity index (χ4v) is 0.